The molecule has 0 radical (unpaired) electrons. The molecule has 2 aromatic carbocycles. The standard InChI is InChI=1S/C18H15IN2O2S/c1-11-3-6-13(7-4-11)20-18-21(2)17(23)16(24-18)10-12-5-8-15(22)14(19)9-12/h3-10,22H,1-2H3/b16-10+,20-18?. The summed E-state index contributed by atoms with van der Waals surface area (Å²) in [4.78, 5) is 19.2. The topological polar surface area (TPSA) is 52.9 Å². The highest BCUT2D eigenvalue weighted by molar-refractivity contribution is 14.1. The van der Waals surface area contributed by atoms with E-state index in [2.05, 4.69) is 27.6 Å². The van der Waals surface area contributed by atoms with Crippen molar-refractivity contribution < 1.29 is 9.90 Å². The maximum absolute atomic E-state index is 12.4. The number of hydrogen-bond acceptors (Lipinski definition) is 4. The molecular formula is C18H15IN2O2S. The molecule has 0 saturated carbocycles. The van der Waals surface area contributed by atoms with Gasteiger partial charge in [0.05, 0.1) is 14.2 Å². The third kappa shape index (κ3) is 3.64. The Kier molecular flexibility index (Phi) is 4.96. The predicted octanol–water partition coefficient (Wildman–Crippen LogP) is 4.54. The van der Waals surface area contributed by atoms with Crippen LogP contribution in [0.15, 0.2) is 52.4 Å². The summed E-state index contributed by atoms with van der Waals surface area (Å²) >= 11 is 3.42. The highest BCUT2D eigenvalue weighted by atomic mass is 127. The summed E-state index contributed by atoms with van der Waals surface area (Å²) in [6, 6.07) is 13.1. The number of aliphatic imine (C=N–C) groups is 1. The van der Waals surface area contributed by atoms with Crippen LogP contribution in [0.5, 0.6) is 5.75 Å². The number of thioether (sulfide) groups is 1. The quantitative estimate of drug-likeness (QED) is 0.540. The lowest BCUT2D eigenvalue weighted by atomic mass is 10.2. The first-order chi connectivity index (χ1) is 11.4. The fourth-order valence-electron chi connectivity index (χ4n) is 2.15. The van der Waals surface area contributed by atoms with Crippen molar-refractivity contribution in [1.82, 2.24) is 4.90 Å². The lowest BCUT2D eigenvalue weighted by Crippen LogP contribution is -2.23. The minimum absolute atomic E-state index is 0.0751. The van der Waals surface area contributed by atoms with Crippen LogP contribution in [0.25, 0.3) is 6.08 Å². The van der Waals surface area contributed by atoms with Gasteiger partial charge in [0.1, 0.15) is 5.75 Å². The summed E-state index contributed by atoms with van der Waals surface area (Å²) in [6.45, 7) is 2.02. The second kappa shape index (κ2) is 6.98. The fourth-order valence-corrected chi connectivity index (χ4v) is 3.67. The van der Waals surface area contributed by atoms with Gasteiger partial charge in [-0.1, -0.05) is 23.8 Å². The van der Waals surface area contributed by atoms with E-state index in [4.69, 9.17) is 0 Å². The van der Waals surface area contributed by atoms with Crippen LogP contribution in [0.1, 0.15) is 11.1 Å². The maximum Gasteiger partial charge on any atom is 0.266 e. The van der Waals surface area contributed by atoms with Gasteiger partial charge in [-0.2, -0.15) is 0 Å². The zero-order valence-electron chi connectivity index (χ0n) is 13.2. The highest BCUT2D eigenvalue weighted by Crippen LogP contribution is 2.33. The first kappa shape index (κ1) is 17.0. The molecule has 1 N–H and O–H groups in total. The molecule has 1 amide bonds. The van der Waals surface area contributed by atoms with E-state index in [1.54, 1.807) is 24.1 Å². The molecule has 1 aliphatic heterocycles. The molecule has 3 rings (SSSR count). The summed E-state index contributed by atoms with van der Waals surface area (Å²) in [6.07, 6.45) is 1.82. The highest BCUT2D eigenvalue weighted by Gasteiger charge is 2.30. The average molecular weight is 450 g/mol. The zero-order valence-corrected chi connectivity index (χ0v) is 16.1. The molecule has 122 valence electrons. The number of benzene rings is 2. The van der Waals surface area contributed by atoms with Gasteiger partial charge in [0.25, 0.3) is 5.91 Å². The second-order valence-electron chi connectivity index (χ2n) is 5.42. The van der Waals surface area contributed by atoms with Gasteiger partial charge in [0.2, 0.25) is 0 Å². The lowest BCUT2D eigenvalue weighted by molar-refractivity contribution is -0.121. The van der Waals surface area contributed by atoms with Crippen molar-refractivity contribution in [1.29, 1.82) is 0 Å². The van der Waals surface area contributed by atoms with Crippen molar-refractivity contribution in [2.75, 3.05) is 7.05 Å². The number of carbonyl (C=O) groups excluding carboxylic acids is 1. The van der Waals surface area contributed by atoms with Crippen LogP contribution < -0.4 is 0 Å². The molecule has 24 heavy (non-hydrogen) atoms. The van der Waals surface area contributed by atoms with E-state index < -0.39 is 0 Å². The maximum atomic E-state index is 12.4. The van der Waals surface area contributed by atoms with Gasteiger partial charge in [-0.3, -0.25) is 9.69 Å². The van der Waals surface area contributed by atoms with E-state index in [9.17, 15) is 9.90 Å². The largest absolute Gasteiger partial charge is 0.507 e. The molecule has 0 atom stereocenters. The molecule has 6 heteroatoms. The molecule has 4 nitrogen and oxygen atoms in total. The van der Waals surface area contributed by atoms with Crippen LogP contribution in [-0.4, -0.2) is 28.1 Å². The number of aromatic hydroxyl groups is 1. The number of amides is 1. The number of amidine groups is 1. The van der Waals surface area contributed by atoms with E-state index in [0.29, 0.717) is 10.1 Å². The third-order valence-corrected chi connectivity index (χ3v) is 5.46. The number of likely N-dealkylation sites (N-methyl/N-ethyl adjacent to an activating group) is 1. The molecule has 0 unspecified atom stereocenters. The normalized spacial score (nSPS) is 18.0. The Hall–Kier alpha value is -1.80. The van der Waals surface area contributed by atoms with Gasteiger partial charge >= 0.3 is 0 Å². The van der Waals surface area contributed by atoms with Crippen molar-refractivity contribution in [3.63, 3.8) is 0 Å². The Morgan fingerprint density at radius 1 is 1.21 bits per heavy atom. The average Bonchev–Trinajstić information content (AvgIpc) is 2.81. The number of rotatable bonds is 2. The van der Waals surface area contributed by atoms with Gasteiger partial charge < -0.3 is 5.11 Å². The summed E-state index contributed by atoms with van der Waals surface area (Å²) < 4.78 is 0.749. The Morgan fingerprint density at radius 2 is 1.92 bits per heavy atom. The Morgan fingerprint density at radius 3 is 2.58 bits per heavy atom. The van der Waals surface area contributed by atoms with Crippen molar-refractivity contribution in [3.8, 4) is 5.75 Å². The van der Waals surface area contributed by atoms with Crippen LogP contribution in [0, 0.1) is 10.5 Å². The first-order valence-electron chi connectivity index (χ1n) is 7.25. The van der Waals surface area contributed by atoms with Crippen LogP contribution >= 0.6 is 34.4 Å². The molecule has 0 spiro atoms. The molecule has 0 aromatic heterocycles. The third-order valence-electron chi connectivity index (χ3n) is 3.53. The van der Waals surface area contributed by atoms with Crippen molar-refractivity contribution >= 4 is 57.2 Å². The number of nitrogens with zero attached hydrogens (tertiary/aromatic N) is 2. The number of aryl methyl sites for hydroxylation is 1. The van der Waals surface area contributed by atoms with E-state index in [0.717, 1.165) is 14.8 Å². The molecule has 0 aliphatic carbocycles. The van der Waals surface area contributed by atoms with Gasteiger partial charge in [0.15, 0.2) is 5.17 Å². The Labute approximate surface area is 158 Å². The van der Waals surface area contributed by atoms with Gasteiger partial charge in [-0.05, 0) is 77.2 Å². The minimum atomic E-state index is -0.0751. The van der Waals surface area contributed by atoms with E-state index in [-0.39, 0.29) is 11.7 Å². The summed E-state index contributed by atoms with van der Waals surface area (Å²) in [7, 11) is 1.73. The van der Waals surface area contributed by atoms with Gasteiger partial charge in [-0.25, -0.2) is 4.99 Å². The van der Waals surface area contributed by atoms with Gasteiger partial charge in [0, 0.05) is 7.05 Å². The predicted molar refractivity (Wildman–Crippen MR) is 107 cm³/mol. The number of carbonyl (C=O) groups is 1. The molecule has 2 aromatic rings. The summed E-state index contributed by atoms with van der Waals surface area (Å²) in [5.74, 6) is 0.163. The van der Waals surface area contributed by atoms with Gasteiger partial charge in [-0.15, -0.1) is 0 Å². The van der Waals surface area contributed by atoms with Crippen LogP contribution in [0.2, 0.25) is 0 Å². The molecule has 1 fully saturated rings. The Balaban J connectivity index is 1.89. The van der Waals surface area contributed by atoms with Crippen molar-refractivity contribution in [2.45, 2.75) is 6.92 Å². The summed E-state index contributed by atoms with van der Waals surface area (Å²) in [5.41, 5.74) is 2.87. The smallest absolute Gasteiger partial charge is 0.266 e. The summed E-state index contributed by atoms with van der Waals surface area (Å²) in [5, 5.41) is 10.3. The molecular weight excluding hydrogens is 435 g/mol. The second-order valence-corrected chi connectivity index (χ2v) is 7.59. The number of phenols is 1. The van der Waals surface area contributed by atoms with Crippen molar-refractivity contribution in [2.24, 2.45) is 4.99 Å². The number of hydrogen-bond donors (Lipinski definition) is 1. The monoisotopic (exact) mass is 450 g/mol. The molecule has 1 aliphatic rings. The zero-order chi connectivity index (χ0) is 17.3. The van der Waals surface area contributed by atoms with E-state index >= 15 is 0 Å². The van der Waals surface area contributed by atoms with Crippen LogP contribution in [0.3, 0.4) is 0 Å². The Bertz CT molecular complexity index is 860. The van der Waals surface area contributed by atoms with E-state index in [1.165, 1.54) is 17.3 Å². The molecule has 1 heterocycles. The lowest BCUT2D eigenvalue weighted by Gasteiger charge is -2.07. The molecule has 1 saturated heterocycles. The van der Waals surface area contributed by atoms with E-state index in [1.807, 2.05) is 43.3 Å². The fraction of sp³-hybridized carbons (Fsp3) is 0.111. The van der Waals surface area contributed by atoms with Crippen molar-refractivity contribution in [3.05, 3.63) is 62.1 Å². The SMILES string of the molecule is Cc1ccc(N=C2S/C(=C/c3ccc(O)c(I)c3)C(=O)N2C)cc1. The number of halogens is 1. The van der Waals surface area contributed by atoms with Crippen LogP contribution in [-0.2, 0) is 4.79 Å². The molecule has 0 bridgehead atoms. The first-order valence-corrected chi connectivity index (χ1v) is 9.15. The minimum Gasteiger partial charge on any atom is -0.507 e. The number of phenolic OH excluding ortho intramolecular Hbond substituents is 1. The van der Waals surface area contributed by atoms with Crippen LogP contribution in [0.4, 0.5) is 5.69 Å².